The molecule has 1 spiro atoms. The first-order valence-electron chi connectivity index (χ1n) is 8.73. The van der Waals surface area contributed by atoms with Crippen molar-refractivity contribution in [3.63, 3.8) is 0 Å². The van der Waals surface area contributed by atoms with Crippen molar-refractivity contribution >= 4 is 11.3 Å². The van der Waals surface area contributed by atoms with E-state index in [-0.39, 0.29) is 0 Å². The van der Waals surface area contributed by atoms with Crippen LogP contribution >= 0.6 is 11.3 Å². The van der Waals surface area contributed by atoms with Crippen LogP contribution in [0.3, 0.4) is 0 Å². The number of hydrogen-bond donors (Lipinski definition) is 0. The zero-order valence-corrected chi connectivity index (χ0v) is 14.7. The Labute approximate surface area is 142 Å². The molecule has 2 fully saturated rings. The highest BCUT2D eigenvalue weighted by Gasteiger charge is 2.49. The first-order valence-corrected chi connectivity index (χ1v) is 9.61. The first kappa shape index (κ1) is 15.4. The predicted octanol–water partition coefficient (Wildman–Crippen LogP) is 4.22. The van der Waals surface area contributed by atoms with Gasteiger partial charge in [-0.15, -0.1) is 11.3 Å². The van der Waals surface area contributed by atoms with Crippen LogP contribution in [0.4, 0.5) is 0 Å². The minimum atomic E-state index is 0.563. The molecule has 1 atom stereocenters. The molecule has 0 N–H and O–H groups in total. The van der Waals surface area contributed by atoms with Crippen LogP contribution in [0.2, 0.25) is 0 Å². The van der Waals surface area contributed by atoms with Crippen LogP contribution in [0, 0.1) is 5.41 Å². The fourth-order valence-corrected chi connectivity index (χ4v) is 5.24. The molecule has 0 amide bonds. The summed E-state index contributed by atoms with van der Waals surface area (Å²) in [5, 5.41) is 2.19. The maximum atomic E-state index is 5.53. The van der Waals surface area contributed by atoms with Gasteiger partial charge >= 0.3 is 0 Å². The molecule has 0 aromatic carbocycles. The van der Waals surface area contributed by atoms with E-state index in [1.54, 1.807) is 6.26 Å². The van der Waals surface area contributed by atoms with E-state index in [1.165, 1.54) is 43.6 Å². The van der Waals surface area contributed by atoms with Gasteiger partial charge in [-0.25, -0.2) is 0 Å². The highest BCUT2D eigenvalue weighted by atomic mass is 32.1. The van der Waals surface area contributed by atoms with Crippen LogP contribution < -0.4 is 0 Å². The van der Waals surface area contributed by atoms with Gasteiger partial charge in [0.25, 0.3) is 0 Å². The Bertz CT molecular complexity index is 599. The summed E-state index contributed by atoms with van der Waals surface area (Å²) in [5.74, 6) is 1.09. The zero-order chi connectivity index (χ0) is 15.7. The molecular formula is C19H26N2OS. The second kappa shape index (κ2) is 6.42. The van der Waals surface area contributed by atoms with Gasteiger partial charge in [-0.1, -0.05) is 6.07 Å². The summed E-state index contributed by atoms with van der Waals surface area (Å²) in [5.41, 5.74) is 0.563. The van der Waals surface area contributed by atoms with Crippen molar-refractivity contribution in [3.8, 4) is 0 Å². The minimum Gasteiger partial charge on any atom is -0.468 e. The molecule has 1 aliphatic carbocycles. The average molecular weight is 330 g/mol. The van der Waals surface area contributed by atoms with Gasteiger partial charge in [-0.05, 0) is 74.8 Å². The van der Waals surface area contributed by atoms with E-state index in [1.807, 2.05) is 17.4 Å². The topological polar surface area (TPSA) is 19.6 Å². The molecule has 1 saturated heterocycles. The lowest BCUT2D eigenvalue weighted by Gasteiger charge is -2.57. The molecule has 3 heterocycles. The molecule has 1 unspecified atom stereocenters. The van der Waals surface area contributed by atoms with E-state index >= 15 is 0 Å². The smallest absolute Gasteiger partial charge is 0.117 e. The maximum Gasteiger partial charge on any atom is 0.117 e. The minimum absolute atomic E-state index is 0.563. The van der Waals surface area contributed by atoms with E-state index in [9.17, 15) is 0 Å². The molecular weight excluding hydrogens is 304 g/mol. The van der Waals surface area contributed by atoms with Crippen molar-refractivity contribution in [2.75, 3.05) is 20.1 Å². The lowest BCUT2D eigenvalue weighted by Crippen LogP contribution is -2.57. The molecule has 4 heteroatoms. The van der Waals surface area contributed by atoms with E-state index in [0.717, 1.165) is 24.9 Å². The Morgan fingerprint density at radius 1 is 1.26 bits per heavy atom. The Balaban J connectivity index is 1.33. The number of likely N-dealkylation sites (tertiary alicyclic amines) is 1. The third-order valence-electron chi connectivity index (χ3n) is 5.95. The van der Waals surface area contributed by atoms with Crippen LogP contribution in [0.15, 0.2) is 40.3 Å². The van der Waals surface area contributed by atoms with Gasteiger partial charge in [0.1, 0.15) is 5.76 Å². The summed E-state index contributed by atoms with van der Waals surface area (Å²) >= 11 is 1.88. The van der Waals surface area contributed by atoms with Crippen molar-refractivity contribution in [1.82, 2.24) is 9.80 Å². The molecule has 0 bridgehead atoms. The molecule has 23 heavy (non-hydrogen) atoms. The molecule has 1 saturated carbocycles. The summed E-state index contributed by atoms with van der Waals surface area (Å²) in [6.07, 6.45) is 7.25. The van der Waals surface area contributed by atoms with Crippen molar-refractivity contribution in [2.24, 2.45) is 5.41 Å². The Morgan fingerprint density at radius 3 is 2.74 bits per heavy atom. The summed E-state index contributed by atoms with van der Waals surface area (Å²) in [7, 11) is 2.27. The normalized spacial score (nSPS) is 24.2. The van der Waals surface area contributed by atoms with E-state index < -0.39 is 0 Å². The standard InChI is InChI=1S/C19H26N2OS/c1-20(14-16-4-2-12-22-16)18-6-7-19(18)8-10-21(11-9-19)15-17-5-3-13-23-17/h2-5,12-13,18H,6-11,14-15H2,1H3. The summed E-state index contributed by atoms with van der Waals surface area (Å²) < 4.78 is 5.53. The van der Waals surface area contributed by atoms with Crippen molar-refractivity contribution in [3.05, 3.63) is 46.5 Å². The molecule has 1 aliphatic heterocycles. The summed E-state index contributed by atoms with van der Waals surface area (Å²) in [6, 6.07) is 9.24. The maximum absolute atomic E-state index is 5.53. The second-order valence-corrected chi connectivity index (χ2v) is 8.30. The third kappa shape index (κ3) is 3.12. The highest BCUT2D eigenvalue weighted by molar-refractivity contribution is 7.09. The molecule has 4 rings (SSSR count). The van der Waals surface area contributed by atoms with E-state index in [4.69, 9.17) is 4.42 Å². The lowest BCUT2D eigenvalue weighted by molar-refractivity contribution is -0.0647. The molecule has 2 aromatic heterocycles. The van der Waals surface area contributed by atoms with Gasteiger partial charge < -0.3 is 4.42 Å². The van der Waals surface area contributed by atoms with Crippen LogP contribution in [0.25, 0.3) is 0 Å². The van der Waals surface area contributed by atoms with Crippen molar-refractivity contribution in [1.29, 1.82) is 0 Å². The van der Waals surface area contributed by atoms with Gasteiger partial charge in [-0.3, -0.25) is 9.80 Å². The molecule has 3 nitrogen and oxygen atoms in total. The van der Waals surface area contributed by atoms with E-state index in [2.05, 4.69) is 40.4 Å². The largest absolute Gasteiger partial charge is 0.468 e. The Hall–Kier alpha value is -1.10. The second-order valence-electron chi connectivity index (χ2n) is 7.27. The van der Waals surface area contributed by atoms with Gasteiger partial charge in [-0.2, -0.15) is 0 Å². The molecule has 0 radical (unpaired) electrons. The number of rotatable bonds is 5. The molecule has 124 valence electrons. The molecule has 2 aromatic rings. The van der Waals surface area contributed by atoms with Gasteiger partial charge in [0.05, 0.1) is 12.8 Å². The fraction of sp³-hybridized carbons (Fsp3) is 0.579. The quantitative estimate of drug-likeness (QED) is 0.818. The SMILES string of the molecule is CN(Cc1ccco1)C1CCC12CCN(Cc1cccs1)CC2. The third-order valence-corrected chi connectivity index (χ3v) is 6.81. The predicted molar refractivity (Wildman–Crippen MR) is 94.5 cm³/mol. The Morgan fingerprint density at radius 2 is 2.13 bits per heavy atom. The van der Waals surface area contributed by atoms with Crippen LogP contribution in [0.1, 0.15) is 36.3 Å². The van der Waals surface area contributed by atoms with Crippen molar-refractivity contribution < 1.29 is 4.42 Å². The fourth-order valence-electron chi connectivity index (χ4n) is 4.49. The Kier molecular flexibility index (Phi) is 4.31. The van der Waals surface area contributed by atoms with Gasteiger partial charge in [0.15, 0.2) is 0 Å². The van der Waals surface area contributed by atoms with Crippen LogP contribution in [-0.4, -0.2) is 36.0 Å². The van der Waals surface area contributed by atoms with Gasteiger partial charge in [0, 0.05) is 17.5 Å². The van der Waals surface area contributed by atoms with Crippen LogP contribution in [-0.2, 0) is 13.1 Å². The monoisotopic (exact) mass is 330 g/mol. The number of nitrogens with zero attached hydrogens (tertiary/aromatic N) is 2. The number of piperidine rings is 1. The number of furan rings is 1. The number of thiophene rings is 1. The summed E-state index contributed by atoms with van der Waals surface area (Å²) in [6.45, 7) is 4.59. The average Bonchev–Trinajstić information content (AvgIpc) is 3.21. The van der Waals surface area contributed by atoms with E-state index in [0.29, 0.717) is 5.41 Å². The first-order chi connectivity index (χ1) is 11.3. The summed E-state index contributed by atoms with van der Waals surface area (Å²) in [4.78, 5) is 6.66. The highest BCUT2D eigenvalue weighted by Crippen LogP contribution is 2.51. The van der Waals surface area contributed by atoms with Gasteiger partial charge in [0.2, 0.25) is 0 Å². The van der Waals surface area contributed by atoms with Crippen LogP contribution in [0.5, 0.6) is 0 Å². The van der Waals surface area contributed by atoms with Crippen molar-refractivity contribution in [2.45, 2.75) is 44.8 Å². The number of hydrogen-bond acceptors (Lipinski definition) is 4. The molecule has 2 aliphatic rings. The zero-order valence-electron chi connectivity index (χ0n) is 13.9. The lowest BCUT2D eigenvalue weighted by atomic mass is 9.59.